The first-order valence-corrected chi connectivity index (χ1v) is 5.60. The van der Waals surface area contributed by atoms with Gasteiger partial charge in [0.25, 0.3) is 0 Å². The SMILES string of the molecule is CC(C)[C@@H]1C[C@H](OCC2CC2)CN1. The van der Waals surface area contributed by atoms with E-state index < -0.39 is 0 Å². The van der Waals surface area contributed by atoms with E-state index in [0.717, 1.165) is 25.0 Å². The van der Waals surface area contributed by atoms with Gasteiger partial charge < -0.3 is 10.1 Å². The van der Waals surface area contributed by atoms with Crippen molar-refractivity contribution in [3.8, 4) is 0 Å². The van der Waals surface area contributed by atoms with Crippen LogP contribution in [-0.2, 0) is 4.74 Å². The molecule has 13 heavy (non-hydrogen) atoms. The molecule has 0 spiro atoms. The number of hydrogen-bond donors (Lipinski definition) is 1. The Kier molecular flexibility index (Phi) is 2.89. The Morgan fingerprint density at radius 3 is 2.69 bits per heavy atom. The van der Waals surface area contributed by atoms with Gasteiger partial charge in [-0.15, -0.1) is 0 Å². The van der Waals surface area contributed by atoms with Gasteiger partial charge in [-0.1, -0.05) is 13.8 Å². The largest absolute Gasteiger partial charge is 0.377 e. The number of nitrogens with one attached hydrogen (secondary N) is 1. The lowest BCUT2D eigenvalue weighted by atomic mass is 10.0. The Hall–Kier alpha value is -0.0800. The van der Waals surface area contributed by atoms with Crippen LogP contribution in [0.5, 0.6) is 0 Å². The fourth-order valence-electron chi connectivity index (χ4n) is 1.92. The summed E-state index contributed by atoms with van der Waals surface area (Å²) in [4.78, 5) is 0. The Balaban J connectivity index is 1.65. The molecule has 76 valence electrons. The van der Waals surface area contributed by atoms with E-state index in [-0.39, 0.29) is 0 Å². The van der Waals surface area contributed by atoms with Gasteiger partial charge in [-0.2, -0.15) is 0 Å². The standard InChI is InChI=1S/C11H21NO/c1-8(2)11-5-10(6-12-11)13-7-9-3-4-9/h8-12H,3-7H2,1-2H3/t10-,11-/m0/s1. The minimum Gasteiger partial charge on any atom is -0.377 e. The summed E-state index contributed by atoms with van der Waals surface area (Å²) < 4.78 is 5.84. The molecule has 0 radical (unpaired) electrons. The van der Waals surface area contributed by atoms with Crippen molar-refractivity contribution in [2.45, 2.75) is 45.3 Å². The topological polar surface area (TPSA) is 21.3 Å². The molecule has 2 heteroatoms. The van der Waals surface area contributed by atoms with Crippen molar-refractivity contribution >= 4 is 0 Å². The van der Waals surface area contributed by atoms with Crippen LogP contribution in [0.3, 0.4) is 0 Å². The van der Waals surface area contributed by atoms with Crippen LogP contribution < -0.4 is 5.32 Å². The third-order valence-electron chi connectivity index (χ3n) is 3.19. The van der Waals surface area contributed by atoms with Gasteiger partial charge >= 0.3 is 0 Å². The van der Waals surface area contributed by atoms with Crippen molar-refractivity contribution in [2.24, 2.45) is 11.8 Å². The minimum absolute atomic E-state index is 0.494. The Morgan fingerprint density at radius 1 is 1.38 bits per heavy atom. The highest BCUT2D eigenvalue weighted by molar-refractivity contribution is 4.85. The fraction of sp³-hybridized carbons (Fsp3) is 1.00. The normalized spacial score (nSPS) is 34.4. The molecule has 0 amide bonds. The fourth-order valence-corrected chi connectivity index (χ4v) is 1.92. The second-order valence-corrected chi connectivity index (χ2v) is 4.89. The third-order valence-corrected chi connectivity index (χ3v) is 3.19. The van der Waals surface area contributed by atoms with Crippen molar-refractivity contribution in [1.29, 1.82) is 0 Å². The van der Waals surface area contributed by atoms with Crippen LogP contribution in [0, 0.1) is 11.8 Å². The van der Waals surface area contributed by atoms with E-state index >= 15 is 0 Å². The summed E-state index contributed by atoms with van der Waals surface area (Å²) in [5.74, 6) is 1.65. The van der Waals surface area contributed by atoms with Gasteiger partial charge in [-0.05, 0) is 31.1 Å². The van der Waals surface area contributed by atoms with Crippen LogP contribution in [-0.4, -0.2) is 25.3 Å². The number of ether oxygens (including phenoxy) is 1. The molecule has 2 rings (SSSR count). The van der Waals surface area contributed by atoms with Crippen molar-refractivity contribution in [1.82, 2.24) is 5.32 Å². The van der Waals surface area contributed by atoms with Crippen molar-refractivity contribution < 1.29 is 4.74 Å². The maximum Gasteiger partial charge on any atom is 0.0714 e. The molecule has 2 fully saturated rings. The summed E-state index contributed by atoms with van der Waals surface area (Å²) >= 11 is 0. The van der Waals surface area contributed by atoms with E-state index in [9.17, 15) is 0 Å². The molecule has 0 unspecified atom stereocenters. The van der Waals surface area contributed by atoms with Gasteiger partial charge in [0.1, 0.15) is 0 Å². The van der Waals surface area contributed by atoms with Crippen LogP contribution in [0.1, 0.15) is 33.1 Å². The summed E-state index contributed by atoms with van der Waals surface area (Å²) in [6.07, 6.45) is 4.50. The van der Waals surface area contributed by atoms with Gasteiger partial charge in [0.15, 0.2) is 0 Å². The minimum atomic E-state index is 0.494. The van der Waals surface area contributed by atoms with E-state index in [4.69, 9.17) is 4.74 Å². The molecule has 0 aromatic carbocycles. The van der Waals surface area contributed by atoms with Crippen LogP contribution in [0.25, 0.3) is 0 Å². The molecular formula is C11H21NO. The van der Waals surface area contributed by atoms with Gasteiger partial charge in [0.05, 0.1) is 6.10 Å². The predicted octanol–water partition coefficient (Wildman–Crippen LogP) is 1.80. The summed E-state index contributed by atoms with van der Waals surface area (Å²) in [6.45, 7) is 6.63. The summed E-state index contributed by atoms with van der Waals surface area (Å²) in [5, 5.41) is 3.53. The highest BCUT2D eigenvalue weighted by atomic mass is 16.5. The monoisotopic (exact) mass is 183 g/mol. The maximum atomic E-state index is 5.84. The van der Waals surface area contributed by atoms with E-state index in [1.165, 1.54) is 19.3 Å². The molecule has 1 saturated carbocycles. The lowest BCUT2D eigenvalue weighted by Crippen LogP contribution is -2.26. The first kappa shape index (κ1) is 9.47. The van der Waals surface area contributed by atoms with Crippen LogP contribution >= 0.6 is 0 Å². The van der Waals surface area contributed by atoms with Crippen LogP contribution in [0.4, 0.5) is 0 Å². The van der Waals surface area contributed by atoms with Gasteiger partial charge in [-0.3, -0.25) is 0 Å². The number of hydrogen-bond acceptors (Lipinski definition) is 2. The average Bonchev–Trinajstić information content (AvgIpc) is 2.79. The molecule has 0 aromatic heterocycles. The zero-order chi connectivity index (χ0) is 9.26. The lowest BCUT2D eigenvalue weighted by Gasteiger charge is -2.14. The molecular weight excluding hydrogens is 162 g/mol. The molecule has 2 nitrogen and oxygen atoms in total. The smallest absolute Gasteiger partial charge is 0.0714 e. The zero-order valence-corrected chi connectivity index (χ0v) is 8.75. The summed E-state index contributed by atoms with van der Waals surface area (Å²) in [5.41, 5.74) is 0. The lowest BCUT2D eigenvalue weighted by molar-refractivity contribution is 0.0569. The number of rotatable bonds is 4. The highest BCUT2D eigenvalue weighted by Crippen LogP contribution is 2.30. The molecule has 1 saturated heterocycles. The second kappa shape index (κ2) is 3.97. The van der Waals surface area contributed by atoms with E-state index in [2.05, 4.69) is 19.2 Å². The molecule has 1 heterocycles. The molecule has 1 aliphatic carbocycles. The van der Waals surface area contributed by atoms with Crippen molar-refractivity contribution in [2.75, 3.05) is 13.2 Å². The quantitative estimate of drug-likeness (QED) is 0.717. The first-order chi connectivity index (χ1) is 6.25. The Morgan fingerprint density at radius 2 is 2.15 bits per heavy atom. The molecule has 0 bridgehead atoms. The second-order valence-electron chi connectivity index (χ2n) is 4.89. The average molecular weight is 183 g/mol. The molecule has 0 aromatic rings. The third kappa shape index (κ3) is 2.68. The van der Waals surface area contributed by atoms with Crippen LogP contribution in [0.2, 0.25) is 0 Å². The van der Waals surface area contributed by atoms with Gasteiger partial charge in [0, 0.05) is 19.2 Å². The van der Waals surface area contributed by atoms with Crippen molar-refractivity contribution in [3.63, 3.8) is 0 Å². The van der Waals surface area contributed by atoms with E-state index in [0.29, 0.717) is 12.1 Å². The van der Waals surface area contributed by atoms with Gasteiger partial charge in [0.2, 0.25) is 0 Å². The zero-order valence-electron chi connectivity index (χ0n) is 8.75. The Labute approximate surface area is 81.0 Å². The van der Waals surface area contributed by atoms with E-state index in [1.807, 2.05) is 0 Å². The highest BCUT2D eigenvalue weighted by Gasteiger charge is 2.29. The first-order valence-electron chi connectivity index (χ1n) is 5.60. The van der Waals surface area contributed by atoms with E-state index in [1.54, 1.807) is 0 Å². The molecule has 2 aliphatic rings. The Bertz CT molecular complexity index is 165. The molecule has 2 atom stereocenters. The summed E-state index contributed by atoms with van der Waals surface area (Å²) in [7, 11) is 0. The van der Waals surface area contributed by atoms with Crippen LogP contribution in [0.15, 0.2) is 0 Å². The maximum absolute atomic E-state index is 5.84. The molecule has 1 N–H and O–H groups in total. The summed E-state index contributed by atoms with van der Waals surface area (Å²) in [6, 6.07) is 0.684. The molecule has 1 aliphatic heterocycles. The predicted molar refractivity (Wildman–Crippen MR) is 53.7 cm³/mol. The van der Waals surface area contributed by atoms with Crippen molar-refractivity contribution in [3.05, 3.63) is 0 Å². The van der Waals surface area contributed by atoms with Gasteiger partial charge in [-0.25, -0.2) is 0 Å².